The Morgan fingerprint density at radius 3 is 2.82 bits per heavy atom. The maximum absolute atomic E-state index is 13.5. The first-order chi connectivity index (χ1) is 8.00. The highest BCUT2D eigenvalue weighted by Crippen LogP contribution is 2.33. The van der Waals surface area contributed by atoms with E-state index < -0.39 is 17.5 Å². The van der Waals surface area contributed by atoms with Crippen LogP contribution in [0.2, 0.25) is 5.02 Å². The first-order valence-corrected chi connectivity index (χ1v) is 5.51. The van der Waals surface area contributed by atoms with Gasteiger partial charge in [0.15, 0.2) is 5.76 Å². The zero-order chi connectivity index (χ0) is 12.6. The van der Waals surface area contributed by atoms with Crippen LogP contribution in [-0.2, 0) is 0 Å². The van der Waals surface area contributed by atoms with E-state index >= 15 is 0 Å². The molecule has 0 amide bonds. The second-order valence-electron chi connectivity index (χ2n) is 3.10. The monoisotopic (exact) mass is 319 g/mol. The Hall–Kier alpha value is -1.40. The fourth-order valence-corrected chi connectivity index (χ4v) is 1.86. The van der Waals surface area contributed by atoms with Crippen LogP contribution in [0.25, 0.3) is 11.3 Å². The van der Waals surface area contributed by atoms with Gasteiger partial charge in [0.2, 0.25) is 5.69 Å². The number of hydrogen-bond donors (Lipinski definition) is 1. The number of aromatic nitrogens is 1. The van der Waals surface area contributed by atoms with Gasteiger partial charge in [-0.05, 0) is 18.2 Å². The molecule has 0 saturated heterocycles. The summed E-state index contributed by atoms with van der Waals surface area (Å²) in [5.41, 5.74) is -0.398. The van der Waals surface area contributed by atoms with E-state index in [0.717, 1.165) is 0 Å². The fraction of sp³-hybridized carbons (Fsp3) is 0. The summed E-state index contributed by atoms with van der Waals surface area (Å²) in [6, 6.07) is 4.13. The number of aromatic carboxylic acids is 1. The zero-order valence-corrected chi connectivity index (χ0v) is 10.4. The molecule has 2 rings (SSSR count). The molecule has 17 heavy (non-hydrogen) atoms. The van der Waals surface area contributed by atoms with Crippen molar-refractivity contribution in [3.8, 4) is 11.3 Å². The quantitative estimate of drug-likeness (QED) is 0.918. The van der Waals surface area contributed by atoms with Gasteiger partial charge in [0.05, 0.1) is 5.56 Å². The van der Waals surface area contributed by atoms with Gasteiger partial charge in [0, 0.05) is 4.47 Å². The van der Waals surface area contributed by atoms with Crippen molar-refractivity contribution in [3.05, 3.63) is 39.2 Å². The molecule has 1 N–H and O–H groups in total. The van der Waals surface area contributed by atoms with Gasteiger partial charge in [-0.3, -0.25) is 0 Å². The molecule has 0 spiro atoms. The first-order valence-electron chi connectivity index (χ1n) is 4.34. The predicted octanol–water partition coefficient (Wildman–Crippen LogP) is 3.59. The van der Waals surface area contributed by atoms with Crippen LogP contribution in [0.4, 0.5) is 4.39 Å². The molecule has 0 aliphatic rings. The second-order valence-corrected chi connectivity index (χ2v) is 4.40. The molecule has 4 nitrogen and oxygen atoms in total. The summed E-state index contributed by atoms with van der Waals surface area (Å²) in [6.07, 6.45) is 0. The molecule has 1 heterocycles. The van der Waals surface area contributed by atoms with Crippen LogP contribution in [0.15, 0.2) is 27.2 Å². The standard InChI is InChI=1S/C10H4BrClFNO3/c11-4-1-2-6(13)5(3-4)9-7(12)8(10(15)16)14-17-9/h1-3H,(H,15,16). The summed E-state index contributed by atoms with van der Waals surface area (Å²) in [7, 11) is 0. The van der Waals surface area contributed by atoms with Gasteiger partial charge < -0.3 is 9.63 Å². The molecule has 1 aromatic carbocycles. The third-order valence-electron chi connectivity index (χ3n) is 2.01. The molecule has 0 fully saturated rings. The maximum atomic E-state index is 13.5. The Bertz CT molecular complexity index is 599. The van der Waals surface area contributed by atoms with Gasteiger partial charge in [0.1, 0.15) is 10.8 Å². The Morgan fingerprint density at radius 1 is 1.53 bits per heavy atom. The molecule has 0 radical (unpaired) electrons. The van der Waals surface area contributed by atoms with Crippen LogP contribution in [0.3, 0.4) is 0 Å². The molecule has 2 aromatic rings. The van der Waals surface area contributed by atoms with Gasteiger partial charge >= 0.3 is 5.97 Å². The molecule has 0 aliphatic heterocycles. The van der Waals surface area contributed by atoms with Gasteiger partial charge in [-0.25, -0.2) is 9.18 Å². The predicted molar refractivity (Wildman–Crippen MR) is 61.6 cm³/mol. The topological polar surface area (TPSA) is 63.3 Å². The largest absolute Gasteiger partial charge is 0.476 e. The van der Waals surface area contributed by atoms with Crippen molar-refractivity contribution in [1.29, 1.82) is 0 Å². The number of carboxylic acids is 1. The second kappa shape index (κ2) is 4.46. The van der Waals surface area contributed by atoms with Crippen LogP contribution in [0.1, 0.15) is 10.5 Å². The van der Waals surface area contributed by atoms with Gasteiger partial charge in [-0.2, -0.15) is 0 Å². The van der Waals surface area contributed by atoms with Gasteiger partial charge in [-0.1, -0.05) is 32.7 Å². The van der Waals surface area contributed by atoms with Crippen LogP contribution in [-0.4, -0.2) is 16.2 Å². The minimum atomic E-state index is -1.33. The number of nitrogens with zero attached hydrogens (tertiary/aromatic N) is 1. The van der Waals surface area contributed by atoms with E-state index in [0.29, 0.717) is 4.47 Å². The number of halogens is 3. The van der Waals surface area contributed by atoms with Crippen LogP contribution in [0.5, 0.6) is 0 Å². The van der Waals surface area contributed by atoms with Crippen LogP contribution < -0.4 is 0 Å². The minimum absolute atomic E-state index is 0.0457. The van der Waals surface area contributed by atoms with Crippen molar-refractivity contribution >= 4 is 33.5 Å². The minimum Gasteiger partial charge on any atom is -0.476 e. The lowest BCUT2D eigenvalue weighted by Crippen LogP contribution is -1.96. The Morgan fingerprint density at radius 2 is 2.24 bits per heavy atom. The van der Waals surface area contributed by atoms with Gasteiger partial charge in [-0.15, -0.1) is 0 Å². The smallest absolute Gasteiger partial charge is 0.359 e. The number of rotatable bonds is 2. The van der Waals surface area contributed by atoms with Crippen molar-refractivity contribution in [2.45, 2.75) is 0 Å². The van der Waals surface area contributed by atoms with E-state index in [1.54, 1.807) is 0 Å². The lowest BCUT2D eigenvalue weighted by atomic mass is 10.1. The summed E-state index contributed by atoms with van der Waals surface area (Å²) >= 11 is 8.92. The van der Waals surface area contributed by atoms with E-state index in [-0.39, 0.29) is 16.3 Å². The molecule has 0 atom stereocenters. The normalized spacial score (nSPS) is 10.5. The van der Waals surface area contributed by atoms with Crippen LogP contribution in [0, 0.1) is 5.82 Å². The zero-order valence-electron chi connectivity index (χ0n) is 8.08. The highest BCUT2D eigenvalue weighted by molar-refractivity contribution is 9.10. The van der Waals surface area contributed by atoms with E-state index in [1.807, 2.05) is 0 Å². The summed E-state index contributed by atoms with van der Waals surface area (Å²) in [5.74, 6) is -2.02. The van der Waals surface area contributed by atoms with Gasteiger partial charge in [0.25, 0.3) is 0 Å². The molecule has 1 aromatic heterocycles. The Kier molecular flexibility index (Phi) is 3.17. The molecule has 0 unspecified atom stereocenters. The molecular formula is C10H4BrClFNO3. The molecule has 7 heteroatoms. The van der Waals surface area contributed by atoms with Crippen molar-refractivity contribution in [2.24, 2.45) is 0 Å². The van der Waals surface area contributed by atoms with E-state index in [4.69, 9.17) is 21.2 Å². The number of hydrogen-bond acceptors (Lipinski definition) is 3. The van der Waals surface area contributed by atoms with E-state index in [9.17, 15) is 9.18 Å². The first kappa shape index (κ1) is 12.1. The summed E-state index contributed by atoms with van der Waals surface area (Å²) in [4.78, 5) is 10.7. The Balaban J connectivity index is 2.61. The third kappa shape index (κ3) is 2.18. The Labute approximate surface area is 108 Å². The summed E-state index contributed by atoms with van der Waals surface area (Å²) in [6.45, 7) is 0. The highest BCUT2D eigenvalue weighted by atomic mass is 79.9. The maximum Gasteiger partial charge on any atom is 0.359 e. The van der Waals surface area contributed by atoms with Crippen molar-refractivity contribution in [2.75, 3.05) is 0 Å². The summed E-state index contributed by atoms with van der Waals surface area (Å²) < 4.78 is 18.9. The number of carbonyl (C=O) groups is 1. The van der Waals surface area contributed by atoms with Crippen molar-refractivity contribution in [1.82, 2.24) is 5.16 Å². The molecule has 0 saturated carbocycles. The molecule has 0 bridgehead atoms. The van der Waals surface area contributed by atoms with Crippen molar-refractivity contribution < 1.29 is 18.8 Å². The number of benzene rings is 1. The molecule has 0 aliphatic carbocycles. The highest BCUT2D eigenvalue weighted by Gasteiger charge is 2.22. The fourth-order valence-electron chi connectivity index (χ4n) is 1.25. The van der Waals surface area contributed by atoms with E-state index in [2.05, 4.69) is 21.1 Å². The SMILES string of the molecule is O=C(O)c1noc(-c2cc(Br)ccc2F)c1Cl. The lowest BCUT2D eigenvalue weighted by molar-refractivity contribution is 0.0686. The lowest BCUT2D eigenvalue weighted by Gasteiger charge is -1.99. The average Bonchev–Trinajstić information content (AvgIpc) is 2.64. The number of carboxylic acid groups (broad SMARTS) is 1. The van der Waals surface area contributed by atoms with Crippen LogP contribution >= 0.6 is 27.5 Å². The third-order valence-corrected chi connectivity index (χ3v) is 2.85. The summed E-state index contributed by atoms with van der Waals surface area (Å²) in [5, 5.41) is 11.8. The van der Waals surface area contributed by atoms with E-state index in [1.165, 1.54) is 18.2 Å². The molecule has 88 valence electrons. The van der Waals surface area contributed by atoms with Crippen molar-refractivity contribution in [3.63, 3.8) is 0 Å². The average molecular weight is 321 g/mol. The molecular weight excluding hydrogens is 316 g/mol.